The molecule has 0 aliphatic heterocycles. The zero-order valence-electron chi connectivity index (χ0n) is 10.6. The smallest absolute Gasteiger partial charge is 0.233 e. The van der Waals surface area contributed by atoms with Crippen molar-refractivity contribution in [1.82, 2.24) is 20.1 Å². The van der Waals surface area contributed by atoms with Gasteiger partial charge in [0.15, 0.2) is 0 Å². The molecule has 5 nitrogen and oxygen atoms in total. The number of aromatic nitrogens is 3. The molecule has 0 aromatic carbocycles. The number of thioether (sulfide) groups is 1. The summed E-state index contributed by atoms with van der Waals surface area (Å²) < 4.78 is 0. The van der Waals surface area contributed by atoms with Crippen LogP contribution in [0.4, 0.5) is 0 Å². The van der Waals surface area contributed by atoms with Gasteiger partial charge in [-0.15, -0.1) is 18.3 Å². The molecule has 0 unspecified atom stereocenters. The molecule has 0 fully saturated rings. The first-order valence-electron chi connectivity index (χ1n) is 5.74. The maximum absolute atomic E-state index is 11.9. The number of amides is 1. The predicted molar refractivity (Wildman–Crippen MR) is 73.5 cm³/mol. The number of aryl methyl sites for hydroxylation is 1. The van der Waals surface area contributed by atoms with Crippen LogP contribution in [0.1, 0.15) is 12.7 Å². The Morgan fingerprint density at radius 2 is 2.11 bits per heavy atom. The van der Waals surface area contributed by atoms with Gasteiger partial charge in [0.05, 0.1) is 5.75 Å². The zero-order chi connectivity index (χ0) is 13.4. The lowest BCUT2D eigenvalue weighted by molar-refractivity contribution is -0.127. The summed E-state index contributed by atoms with van der Waals surface area (Å²) in [5, 5.41) is 7.45. The first kappa shape index (κ1) is 14.5. The van der Waals surface area contributed by atoms with E-state index in [0.717, 1.165) is 12.2 Å². The van der Waals surface area contributed by atoms with Crippen molar-refractivity contribution >= 4 is 17.7 Å². The lowest BCUT2D eigenvalue weighted by atomic mass is 10.4. The lowest BCUT2D eigenvalue weighted by Crippen LogP contribution is -2.32. The van der Waals surface area contributed by atoms with Gasteiger partial charge < -0.3 is 4.90 Å². The van der Waals surface area contributed by atoms with Crippen LogP contribution in [-0.2, 0) is 11.2 Å². The number of H-pyrrole nitrogens is 1. The van der Waals surface area contributed by atoms with Gasteiger partial charge >= 0.3 is 0 Å². The Bertz CT molecular complexity index is 406. The van der Waals surface area contributed by atoms with Gasteiger partial charge in [0.2, 0.25) is 11.1 Å². The molecule has 0 saturated heterocycles. The Morgan fingerprint density at radius 3 is 2.61 bits per heavy atom. The summed E-state index contributed by atoms with van der Waals surface area (Å²) >= 11 is 1.33. The number of carbonyl (C=O) groups is 1. The maximum Gasteiger partial charge on any atom is 0.233 e. The normalized spacial score (nSPS) is 10.1. The number of nitrogens with zero attached hydrogens (tertiary/aromatic N) is 3. The molecular formula is C12H18N4OS. The van der Waals surface area contributed by atoms with Crippen molar-refractivity contribution in [1.29, 1.82) is 0 Å². The highest BCUT2D eigenvalue weighted by atomic mass is 32.2. The molecule has 0 saturated carbocycles. The summed E-state index contributed by atoms with van der Waals surface area (Å²) in [5.41, 5.74) is 0. The first-order chi connectivity index (χ1) is 8.71. The van der Waals surface area contributed by atoms with Crippen molar-refractivity contribution in [2.75, 3.05) is 18.8 Å². The molecule has 1 aromatic rings. The molecule has 0 atom stereocenters. The van der Waals surface area contributed by atoms with E-state index in [0.29, 0.717) is 24.0 Å². The van der Waals surface area contributed by atoms with Crippen molar-refractivity contribution in [3.05, 3.63) is 31.1 Å². The number of carbonyl (C=O) groups excluding carboxylic acids is 1. The summed E-state index contributed by atoms with van der Waals surface area (Å²) in [5.74, 6) is 1.18. The van der Waals surface area contributed by atoms with E-state index in [1.54, 1.807) is 17.1 Å². The standard InChI is InChI=1S/C12H18N4OS/c1-4-7-16(8-5-2)11(17)9-18-12-13-10(6-3)14-15-12/h4-5H,1-2,6-9H2,3H3,(H,13,14,15). The van der Waals surface area contributed by atoms with Crippen molar-refractivity contribution in [3.63, 3.8) is 0 Å². The monoisotopic (exact) mass is 266 g/mol. The van der Waals surface area contributed by atoms with Gasteiger partial charge in [-0.1, -0.05) is 30.8 Å². The molecule has 18 heavy (non-hydrogen) atoms. The number of hydrogen-bond donors (Lipinski definition) is 1. The van der Waals surface area contributed by atoms with Crippen molar-refractivity contribution in [2.45, 2.75) is 18.5 Å². The molecule has 1 aromatic heterocycles. The third kappa shape index (κ3) is 4.37. The molecular weight excluding hydrogens is 248 g/mol. The van der Waals surface area contributed by atoms with E-state index >= 15 is 0 Å². The molecule has 0 radical (unpaired) electrons. The number of aromatic amines is 1. The minimum atomic E-state index is 0.0302. The van der Waals surface area contributed by atoms with Gasteiger partial charge in [-0.2, -0.15) is 0 Å². The van der Waals surface area contributed by atoms with Crippen LogP contribution in [0.2, 0.25) is 0 Å². The first-order valence-corrected chi connectivity index (χ1v) is 6.73. The van der Waals surface area contributed by atoms with Crippen LogP contribution in [0.15, 0.2) is 30.5 Å². The summed E-state index contributed by atoms with van der Waals surface area (Å²) in [6, 6.07) is 0. The minimum absolute atomic E-state index is 0.0302. The highest BCUT2D eigenvalue weighted by Gasteiger charge is 2.12. The highest BCUT2D eigenvalue weighted by Crippen LogP contribution is 2.13. The minimum Gasteiger partial charge on any atom is -0.335 e. The molecule has 1 amide bonds. The van der Waals surface area contributed by atoms with Crippen molar-refractivity contribution < 1.29 is 4.79 Å². The number of rotatable bonds is 8. The maximum atomic E-state index is 11.9. The molecule has 1 N–H and O–H groups in total. The van der Waals surface area contributed by atoms with Crippen LogP contribution in [0.5, 0.6) is 0 Å². The van der Waals surface area contributed by atoms with Gasteiger partial charge in [-0.25, -0.2) is 4.98 Å². The van der Waals surface area contributed by atoms with Crippen molar-refractivity contribution in [3.8, 4) is 0 Å². The topological polar surface area (TPSA) is 61.9 Å². The third-order valence-corrected chi connectivity index (χ3v) is 3.05. The van der Waals surface area contributed by atoms with E-state index in [1.807, 2.05) is 6.92 Å². The Balaban J connectivity index is 2.47. The fourth-order valence-corrected chi connectivity index (χ4v) is 2.03. The third-order valence-electron chi connectivity index (χ3n) is 2.22. The van der Waals surface area contributed by atoms with Gasteiger partial charge in [-0.05, 0) is 0 Å². The van der Waals surface area contributed by atoms with Crippen molar-refractivity contribution in [2.24, 2.45) is 0 Å². The molecule has 1 rings (SSSR count). The van der Waals surface area contributed by atoms with Gasteiger partial charge in [0.1, 0.15) is 5.82 Å². The van der Waals surface area contributed by atoms with Gasteiger partial charge in [-0.3, -0.25) is 9.89 Å². The average Bonchev–Trinajstić information content (AvgIpc) is 2.83. The van der Waals surface area contributed by atoms with E-state index in [4.69, 9.17) is 0 Å². The fourth-order valence-electron chi connectivity index (χ4n) is 1.31. The molecule has 6 heteroatoms. The van der Waals surface area contributed by atoms with E-state index in [-0.39, 0.29) is 5.91 Å². The summed E-state index contributed by atoms with van der Waals surface area (Å²) in [6.45, 7) is 10.3. The summed E-state index contributed by atoms with van der Waals surface area (Å²) in [4.78, 5) is 17.8. The summed E-state index contributed by atoms with van der Waals surface area (Å²) in [6.07, 6.45) is 4.21. The largest absolute Gasteiger partial charge is 0.335 e. The van der Waals surface area contributed by atoms with Gasteiger partial charge in [0, 0.05) is 19.5 Å². The van der Waals surface area contributed by atoms with E-state index < -0.39 is 0 Å². The second-order valence-electron chi connectivity index (χ2n) is 3.58. The average molecular weight is 266 g/mol. The Morgan fingerprint density at radius 1 is 1.44 bits per heavy atom. The Kier molecular flexibility index (Phi) is 6.21. The predicted octanol–water partition coefficient (Wildman–Crippen LogP) is 1.66. The van der Waals surface area contributed by atoms with E-state index in [9.17, 15) is 4.79 Å². The van der Waals surface area contributed by atoms with Crippen LogP contribution in [0.3, 0.4) is 0 Å². The van der Waals surface area contributed by atoms with Crippen LogP contribution < -0.4 is 0 Å². The fraction of sp³-hybridized carbons (Fsp3) is 0.417. The van der Waals surface area contributed by atoms with E-state index in [2.05, 4.69) is 28.3 Å². The molecule has 1 heterocycles. The number of nitrogens with one attached hydrogen (secondary N) is 1. The molecule has 0 aliphatic carbocycles. The second-order valence-corrected chi connectivity index (χ2v) is 4.53. The molecule has 0 aliphatic rings. The SMILES string of the molecule is C=CCN(CC=C)C(=O)CSc1n[nH]c(CC)n1. The molecule has 0 bridgehead atoms. The molecule has 98 valence electrons. The lowest BCUT2D eigenvalue weighted by Gasteiger charge is -2.18. The summed E-state index contributed by atoms with van der Waals surface area (Å²) in [7, 11) is 0. The highest BCUT2D eigenvalue weighted by molar-refractivity contribution is 7.99. The Labute approximate surface area is 111 Å². The van der Waals surface area contributed by atoms with Crippen LogP contribution >= 0.6 is 11.8 Å². The molecule has 0 spiro atoms. The quantitative estimate of drug-likeness (QED) is 0.574. The van der Waals surface area contributed by atoms with Crippen LogP contribution in [0, 0.1) is 0 Å². The number of hydrogen-bond acceptors (Lipinski definition) is 4. The zero-order valence-corrected chi connectivity index (χ0v) is 11.4. The van der Waals surface area contributed by atoms with E-state index in [1.165, 1.54) is 11.8 Å². The Hall–Kier alpha value is -1.56. The van der Waals surface area contributed by atoms with Crippen LogP contribution in [0.25, 0.3) is 0 Å². The van der Waals surface area contributed by atoms with Crippen LogP contribution in [-0.4, -0.2) is 44.8 Å². The second kappa shape index (κ2) is 7.71. The van der Waals surface area contributed by atoms with Gasteiger partial charge in [0.25, 0.3) is 0 Å².